The summed E-state index contributed by atoms with van der Waals surface area (Å²) in [6.45, 7) is 10.6. The first-order valence-corrected chi connectivity index (χ1v) is 7.83. The number of hydrogen-bond acceptors (Lipinski definition) is 3. The summed E-state index contributed by atoms with van der Waals surface area (Å²) in [4.78, 5) is 4.32. The van der Waals surface area contributed by atoms with E-state index in [4.69, 9.17) is 0 Å². The lowest BCUT2D eigenvalue weighted by molar-refractivity contribution is 0.407. The van der Waals surface area contributed by atoms with E-state index in [1.807, 2.05) is 6.07 Å². The van der Waals surface area contributed by atoms with Gasteiger partial charge in [-0.2, -0.15) is 0 Å². The molecular weight excluding hydrogens is 265 g/mol. The number of nitrogens with one attached hydrogen (secondary N) is 1. The summed E-state index contributed by atoms with van der Waals surface area (Å²) in [5, 5.41) is 3.30. The highest BCUT2D eigenvalue weighted by atomic mass is 19.1. The number of hydrogen-bond donors (Lipinski definition) is 1. The van der Waals surface area contributed by atoms with Crippen LogP contribution in [0.5, 0.6) is 0 Å². The van der Waals surface area contributed by atoms with Gasteiger partial charge in [0.1, 0.15) is 5.82 Å². The molecule has 0 radical (unpaired) electrons. The molecule has 0 unspecified atom stereocenters. The van der Waals surface area contributed by atoms with Gasteiger partial charge in [-0.05, 0) is 38.2 Å². The second-order valence-electron chi connectivity index (χ2n) is 6.17. The molecule has 0 spiro atoms. The molecule has 0 aliphatic rings. The second kappa shape index (κ2) is 9.00. The highest BCUT2D eigenvalue weighted by molar-refractivity contribution is 5.55. The lowest BCUT2D eigenvalue weighted by Gasteiger charge is -2.30. The molecule has 0 atom stereocenters. The quantitative estimate of drug-likeness (QED) is 0.755. The number of likely N-dealkylation sites (N-methyl/N-ethyl adjacent to an activating group) is 1. The Morgan fingerprint density at radius 3 is 2.48 bits per heavy atom. The predicted octanol–water partition coefficient (Wildman–Crippen LogP) is 2.96. The van der Waals surface area contributed by atoms with Gasteiger partial charge in [0, 0.05) is 26.2 Å². The van der Waals surface area contributed by atoms with Crippen LogP contribution in [0.4, 0.5) is 10.1 Å². The molecule has 0 aromatic heterocycles. The van der Waals surface area contributed by atoms with Crippen molar-refractivity contribution in [2.24, 2.45) is 5.92 Å². The average Bonchev–Trinajstić information content (AvgIpc) is 2.41. The van der Waals surface area contributed by atoms with Crippen molar-refractivity contribution in [2.45, 2.75) is 27.3 Å². The van der Waals surface area contributed by atoms with E-state index >= 15 is 0 Å². The molecule has 0 heterocycles. The van der Waals surface area contributed by atoms with E-state index in [1.165, 1.54) is 0 Å². The van der Waals surface area contributed by atoms with E-state index in [0.717, 1.165) is 37.4 Å². The summed E-state index contributed by atoms with van der Waals surface area (Å²) in [5.74, 6) is 0.378. The molecule has 1 aromatic rings. The molecule has 1 N–H and O–H groups in total. The minimum atomic E-state index is -0.121. The summed E-state index contributed by atoms with van der Waals surface area (Å²) in [7, 11) is 4.10. The van der Waals surface area contributed by atoms with Crippen LogP contribution in [0, 0.1) is 11.7 Å². The number of anilines is 1. The maximum absolute atomic E-state index is 14.4. The zero-order chi connectivity index (χ0) is 15.8. The van der Waals surface area contributed by atoms with E-state index in [0.29, 0.717) is 12.5 Å². The largest absolute Gasteiger partial charge is 0.367 e. The summed E-state index contributed by atoms with van der Waals surface area (Å²) in [5.41, 5.74) is 1.80. The lowest BCUT2D eigenvalue weighted by atomic mass is 10.1. The highest BCUT2D eigenvalue weighted by Crippen LogP contribution is 2.25. The van der Waals surface area contributed by atoms with Crippen molar-refractivity contribution in [3.63, 3.8) is 0 Å². The fraction of sp³-hybridized carbons (Fsp3) is 0.647. The van der Waals surface area contributed by atoms with Crippen molar-refractivity contribution in [2.75, 3.05) is 45.2 Å². The molecule has 0 amide bonds. The lowest BCUT2D eigenvalue weighted by Crippen LogP contribution is -2.36. The Hall–Kier alpha value is -1.13. The minimum Gasteiger partial charge on any atom is -0.367 e. The van der Waals surface area contributed by atoms with E-state index in [-0.39, 0.29) is 5.82 Å². The monoisotopic (exact) mass is 295 g/mol. The van der Waals surface area contributed by atoms with Gasteiger partial charge in [0.05, 0.1) is 5.69 Å². The molecule has 0 aliphatic carbocycles. The molecule has 3 nitrogen and oxygen atoms in total. The molecule has 4 heteroatoms. The van der Waals surface area contributed by atoms with Crippen LogP contribution in [-0.4, -0.2) is 45.2 Å². The predicted molar refractivity (Wildman–Crippen MR) is 89.4 cm³/mol. The zero-order valence-electron chi connectivity index (χ0n) is 14.1. The number of halogens is 1. The third kappa shape index (κ3) is 6.02. The van der Waals surface area contributed by atoms with E-state index in [9.17, 15) is 4.39 Å². The first-order valence-electron chi connectivity index (χ1n) is 7.83. The molecule has 0 saturated carbocycles. The van der Waals surface area contributed by atoms with Gasteiger partial charge in [-0.25, -0.2) is 4.39 Å². The van der Waals surface area contributed by atoms with Crippen molar-refractivity contribution in [3.8, 4) is 0 Å². The van der Waals surface area contributed by atoms with Crippen LogP contribution in [0.3, 0.4) is 0 Å². The summed E-state index contributed by atoms with van der Waals surface area (Å²) < 4.78 is 14.4. The van der Waals surface area contributed by atoms with Gasteiger partial charge in [0.25, 0.3) is 0 Å². The number of para-hydroxylation sites is 1. The topological polar surface area (TPSA) is 18.5 Å². The first-order chi connectivity index (χ1) is 9.95. The Morgan fingerprint density at radius 1 is 1.19 bits per heavy atom. The third-order valence-corrected chi connectivity index (χ3v) is 3.35. The van der Waals surface area contributed by atoms with E-state index in [1.54, 1.807) is 12.1 Å². The minimum absolute atomic E-state index is 0.121. The first kappa shape index (κ1) is 17.9. The molecule has 120 valence electrons. The van der Waals surface area contributed by atoms with Gasteiger partial charge in [-0.3, -0.25) is 0 Å². The number of nitrogens with zero attached hydrogens (tertiary/aromatic N) is 2. The number of rotatable bonds is 9. The Kier molecular flexibility index (Phi) is 7.68. The standard InChI is InChI=1S/C17H30FN3/c1-6-19-12-15-8-7-9-16(18)17(15)21(13-14(2)3)11-10-20(4)5/h7-9,14,19H,6,10-13H2,1-5H3. The maximum atomic E-state index is 14.4. The van der Waals surface area contributed by atoms with Crippen LogP contribution in [0.25, 0.3) is 0 Å². The second-order valence-corrected chi connectivity index (χ2v) is 6.17. The maximum Gasteiger partial charge on any atom is 0.146 e. The van der Waals surface area contributed by atoms with Gasteiger partial charge in [-0.1, -0.05) is 32.9 Å². The highest BCUT2D eigenvalue weighted by Gasteiger charge is 2.17. The van der Waals surface area contributed by atoms with E-state index in [2.05, 4.69) is 50.0 Å². The van der Waals surface area contributed by atoms with Crippen LogP contribution in [0.1, 0.15) is 26.3 Å². The Bertz CT molecular complexity index is 418. The molecule has 1 aromatic carbocycles. The smallest absolute Gasteiger partial charge is 0.146 e. The zero-order valence-corrected chi connectivity index (χ0v) is 14.1. The van der Waals surface area contributed by atoms with Crippen molar-refractivity contribution >= 4 is 5.69 Å². The average molecular weight is 295 g/mol. The molecular formula is C17H30FN3. The fourth-order valence-electron chi connectivity index (χ4n) is 2.37. The summed E-state index contributed by atoms with van der Waals surface area (Å²) in [6.07, 6.45) is 0. The molecule has 0 aliphatic heterocycles. The summed E-state index contributed by atoms with van der Waals surface area (Å²) in [6, 6.07) is 5.38. The van der Waals surface area contributed by atoms with Crippen molar-refractivity contribution in [1.82, 2.24) is 10.2 Å². The van der Waals surface area contributed by atoms with Gasteiger partial charge in [0.15, 0.2) is 0 Å². The normalized spacial score (nSPS) is 11.4. The Morgan fingerprint density at radius 2 is 1.90 bits per heavy atom. The van der Waals surface area contributed by atoms with Gasteiger partial charge in [-0.15, -0.1) is 0 Å². The fourth-order valence-corrected chi connectivity index (χ4v) is 2.37. The van der Waals surface area contributed by atoms with Gasteiger partial charge in [0.2, 0.25) is 0 Å². The van der Waals surface area contributed by atoms with Crippen LogP contribution in [0.2, 0.25) is 0 Å². The van der Waals surface area contributed by atoms with Crippen LogP contribution in [-0.2, 0) is 6.54 Å². The molecule has 1 rings (SSSR count). The summed E-state index contributed by atoms with van der Waals surface area (Å²) >= 11 is 0. The van der Waals surface area contributed by atoms with Gasteiger partial charge >= 0.3 is 0 Å². The van der Waals surface area contributed by atoms with Crippen molar-refractivity contribution in [1.29, 1.82) is 0 Å². The molecule has 0 bridgehead atoms. The van der Waals surface area contributed by atoms with Crippen LogP contribution in [0.15, 0.2) is 18.2 Å². The molecule has 0 fully saturated rings. The molecule has 0 saturated heterocycles. The Labute approximate surface area is 129 Å². The third-order valence-electron chi connectivity index (χ3n) is 3.35. The van der Waals surface area contributed by atoms with Gasteiger partial charge < -0.3 is 15.1 Å². The van der Waals surface area contributed by atoms with Crippen LogP contribution >= 0.6 is 0 Å². The Balaban J connectivity index is 3.02. The number of benzene rings is 1. The molecule has 21 heavy (non-hydrogen) atoms. The van der Waals surface area contributed by atoms with Crippen LogP contribution < -0.4 is 10.2 Å². The van der Waals surface area contributed by atoms with Crippen molar-refractivity contribution < 1.29 is 4.39 Å². The van der Waals surface area contributed by atoms with Crippen molar-refractivity contribution in [3.05, 3.63) is 29.6 Å². The SMILES string of the molecule is CCNCc1cccc(F)c1N(CCN(C)C)CC(C)C. The van der Waals surface area contributed by atoms with E-state index < -0.39 is 0 Å².